The predicted octanol–water partition coefficient (Wildman–Crippen LogP) is 0.382. The summed E-state index contributed by atoms with van der Waals surface area (Å²) in [5, 5.41) is 1.81. The normalized spacial score (nSPS) is 16.7. The lowest BCUT2D eigenvalue weighted by Crippen LogP contribution is -2.35. The average molecular weight is 335 g/mol. The van der Waals surface area contributed by atoms with E-state index in [9.17, 15) is 14.4 Å². The van der Waals surface area contributed by atoms with Crippen molar-refractivity contribution in [2.24, 2.45) is 5.73 Å². The standard InChI is InChI=1S/C14H13N3O5S/c1-2-21-13(19)8-7(6-4-3-5-23-6)9-11(18)16-14(20)17-12(9)22-10(8)15/h3-5,7H,2,15H2,1H3,(H2,16,17,18,20)/t7-/m0/s1. The summed E-state index contributed by atoms with van der Waals surface area (Å²) in [5.41, 5.74) is 4.65. The highest BCUT2D eigenvalue weighted by atomic mass is 32.1. The van der Waals surface area contributed by atoms with Crippen LogP contribution in [-0.4, -0.2) is 22.5 Å². The van der Waals surface area contributed by atoms with Crippen molar-refractivity contribution in [2.45, 2.75) is 12.8 Å². The molecule has 8 nitrogen and oxygen atoms in total. The van der Waals surface area contributed by atoms with Gasteiger partial charge in [-0.1, -0.05) is 6.07 Å². The van der Waals surface area contributed by atoms with Crippen molar-refractivity contribution < 1.29 is 14.3 Å². The molecule has 1 aliphatic heterocycles. The predicted molar refractivity (Wildman–Crippen MR) is 82.3 cm³/mol. The molecule has 0 aliphatic carbocycles. The minimum atomic E-state index is -0.765. The van der Waals surface area contributed by atoms with Crippen molar-refractivity contribution in [1.29, 1.82) is 0 Å². The van der Waals surface area contributed by atoms with Gasteiger partial charge in [-0.2, -0.15) is 0 Å². The van der Waals surface area contributed by atoms with Crippen LogP contribution in [0, 0.1) is 0 Å². The summed E-state index contributed by atoms with van der Waals surface area (Å²) in [5.74, 6) is -1.70. The molecule has 0 saturated heterocycles. The molecular weight excluding hydrogens is 322 g/mol. The lowest BCUT2D eigenvalue weighted by molar-refractivity contribution is -0.139. The second-order valence-electron chi connectivity index (χ2n) is 4.70. The number of carbonyl (C=O) groups is 1. The Morgan fingerprint density at radius 2 is 2.22 bits per heavy atom. The molecule has 0 radical (unpaired) electrons. The van der Waals surface area contributed by atoms with Crippen molar-refractivity contribution >= 4 is 17.3 Å². The fraction of sp³-hybridized carbons (Fsp3) is 0.214. The number of ether oxygens (including phenoxy) is 2. The number of fused-ring (bicyclic) bond motifs is 1. The quantitative estimate of drug-likeness (QED) is 0.696. The summed E-state index contributed by atoms with van der Waals surface area (Å²) in [6, 6.07) is 3.55. The first-order valence-corrected chi connectivity index (χ1v) is 7.65. The van der Waals surface area contributed by atoms with Crippen LogP contribution in [0.4, 0.5) is 0 Å². The Morgan fingerprint density at radius 1 is 1.43 bits per heavy atom. The maximum atomic E-state index is 12.3. The zero-order valence-corrected chi connectivity index (χ0v) is 12.9. The van der Waals surface area contributed by atoms with E-state index in [4.69, 9.17) is 15.2 Å². The van der Waals surface area contributed by atoms with Gasteiger partial charge in [0.25, 0.3) is 5.56 Å². The topological polar surface area (TPSA) is 127 Å². The van der Waals surface area contributed by atoms with Gasteiger partial charge >= 0.3 is 11.7 Å². The van der Waals surface area contributed by atoms with Gasteiger partial charge in [0.15, 0.2) is 0 Å². The number of aromatic nitrogens is 2. The van der Waals surface area contributed by atoms with Gasteiger partial charge in [0, 0.05) is 4.88 Å². The van der Waals surface area contributed by atoms with E-state index in [1.807, 2.05) is 5.38 Å². The molecule has 23 heavy (non-hydrogen) atoms. The summed E-state index contributed by atoms with van der Waals surface area (Å²) in [6.45, 7) is 1.82. The molecule has 0 unspecified atom stereocenters. The Hall–Kier alpha value is -2.81. The van der Waals surface area contributed by atoms with Crippen LogP contribution in [0.2, 0.25) is 0 Å². The summed E-state index contributed by atoms with van der Waals surface area (Å²) in [4.78, 5) is 41.2. The molecule has 1 atom stereocenters. The Balaban J connectivity index is 2.26. The third-order valence-electron chi connectivity index (χ3n) is 3.32. The van der Waals surface area contributed by atoms with Gasteiger partial charge in [-0.05, 0) is 18.4 Å². The lowest BCUT2D eigenvalue weighted by atomic mass is 9.89. The molecule has 2 aromatic rings. The highest BCUT2D eigenvalue weighted by Crippen LogP contribution is 2.40. The number of H-pyrrole nitrogens is 2. The lowest BCUT2D eigenvalue weighted by Gasteiger charge is -2.25. The van der Waals surface area contributed by atoms with E-state index in [1.165, 1.54) is 11.3 Å². The number of aromatic amines is 2. The first kappa shape index (κ1) is 15.1. The van der Waals surface area contributed by atoms with Gasteiger partial charge in [-0.25, -0.2) is 9.59 Å². The molecule has 3 heterocycles. The van der Waals surface area contributed by atoms with Crippen LogP contribution in [0.25, 0.3) is 0 Å². The number of hydrogen-bond acceptors (Lipinski definition) is 7. The highest BCUT2D eigenvalue weighted by Gasteiger charge is 2.38. The van der Waals surface area contributed by atoms with E-state index in [1.54, 1.807) is 19.1 Å². The van der Waals surface area contributed by atoms with E-state index < -0.39 is 23.1 Å². The van der Waals surface area contributed by atoms with Crippen LogP contribution in [0.15, 0.2) is 38.6 Å². The molecule has 2 aromatic heterocycles. The van der Waals surface area contributed by atoms with Gasteiger partial charge in [-0.3, -0.25) is 14.8 Å². The van der Waals surface area contributed by atoms with E-state index in [-0.39, 0.29) is 29.5 Å². The molecule has 3 rings (SSSR count). The Morgan fingerprint density at radius 3 is 2.87 bits per heavy atom. The summed E-state index contributed by atoms with van der Waals surface area (Å²) >= 11 is 1.35. The minimum Gasteiger partial charge on any atom is -0.462 e. The number of nitrogens with two attached hydrogens (primary N) is 1. The van der Waals surface area contributed by atoms with E-state index >= 15 is 0 Å². The van der Waals surface area contributed by atoms with Gasteiger partial charge < -0.3 is 15.2 Å². The molecule has 0 amide bonds. The van der Waals surface area contributed by atoms with Crippen molar-refractivity contribution in [2.75, 3.05) is 6.61 Å². The zero-order valence-electron chi connectivity index (χ0n) is 12.0. The minimum absolute atomic E-state index is 0.0411. The Kier molecular flexibility index (Phi) is 3.78. The number of thiophene rings is 1. The highest BCUT2D eigenvalue weighted by molar-refractivity contribution is 7.10. The molecule has 9 heteroatoms. The Bertz CT molecular complexity index is 894. The van der Waals surface area contributed by atoms with Crippen LogP contribution in [0.3, 0.4) is 0 Å². The first-order chi connectivity index (χ1) is 11.0. The number of nitrogens with one attached hydrogen (secondary N) is 2. The molecule has 4 N–H and O–H groups in total. The number of hydrogen-bond donors (Lipinski definition) is 3. The molecule has 120 valence electrons. The molecule has 0 saturated carbocycles. The van der Waals surface area contributed by atoms with E-state index in [2.05, 4.69) is 9.97 Å². The number of carbonyl (C=O) groups excluding carboxylic acids is 1. The smallest absolute Gasteiger partial charge is 0.340 e. The van der Waals surface area contributed by atoms with Gasteiger partial charge in [0.05, 0.1) is 18.1 Å². The fourth-order valence-corrected chi connectivity index (χ4v) is 3.28. The second-order valence-corrected chi connectivity index (χ2v) is 5.68. The van der Waals surface area contributed by atoms with Crippen molar-refractivity contribution in [1.82, 2.24) is 9.97 Å². The molecule has 0 aromatic carbocycles. The van der Waals surface area contributed by atoms with Crippen molar-refractivity contribution in [3.8, 4) is 5.88 Å². The SMILES string of the molecule is CCOC(=O)C1=C(N)Oc2[nH]c(=O)[nH]c(=O)c2[C@H]1c1cccs1. The van der Waals surface area contributed by atoms with Crippen LogP contribution >= 0.6 is 11.3 Å². The van der Waals surface area contributed by atoms with Crippen LogP contribution in [-0.2, 0) is 9.53 Å². The van der Waals surface area contributed by atoms with E-state index in [0.29, 0.717) is 4.88 Å². The largest absolute Gasteiger partial charge is 0.462 e. The zero-order chi connectivity index (χ0) is 16.6. The van der Waals surface area contributed by atoms with Crippen molar-refractivity contribution in [3.05, 3.63) is 60.2 Å². The van der Waals surface area contributed by atoms with Crippen LogP contribution in [0.1, 0.15) is 23.3 Å². The van der Waals surface area contributed by atoms with Gasteiger partial charge in [0.2, 0.25) is 11.8 Å². The third-order valence-corrected chi connectivity index (χ3v) is 4.26. The average Bonchev–Trinajstić information content (AvgIpc) is 2.99. The van der Waals surface area contributed by atoms with Crippen LogP contribution < -0.4 is 21.7 Å². The third kappa shape index (κ3) is 2.55. The Labute approximate surface area is 133 Å². The summed E-state index contributed by atoms with van der Waals surface area (Å²) < 4.78 is 10.3. The maximum absolute atomic E-state index is 12.3. The fourth-order valence-electron chi connectivity index (χ4n) is 2.44. The monoisotopic (exact) mass is 335 g/mol. The molecule has 0 bridgehead atoms. The molecule has 1 aliphatic rings. The summed E-state index contributed by atoms with van der Waals surface area (Å²) in [6.07, 6.45) is 0. The first-order valence-electron chi connectivity index (χ1n) is 6.77. The maximum Gasteiger partial charge on any atom is 0.340 e. The van der Waals surface area contributed by atoms with Crippen molar-refractivity contribution in [3.63, 3.8) is 0 Å². The second kappa shape index (κ2) is 5.76. The number of esters is 1. The van der Waals surface area contributed by atoms with Gasteiger partial charge in [-0.15, -0.1) is 11.3 Å². The molecule has 0 spiro atoms. The van der Waals surface area contributed by atoms with Crippen LogP contribution in [0.5, 0.6) is 5.88 Å². The molecule has 0 fully saturated rings. The van der Waals surface area contributed by atoms with Gasteiger partial charge in [0.1, 0.15) is 5.57 Å². The summed E-state index contributed by atoms with van der Waals surface area (Å²) in [7, 11) is 0. The molecular formula is C14H13N3O5S. The number of rotatable bonds is 3. The van der Waals surface area contributed by atoms with E-state index in [0.717, 1.165) is 0 Å².